The van der Waals surface area contributed by atoms with Gasteiger partial charge in [0.05, 0.1) is 5.69 Å². The van der Waals surface area contributed by atoms with Crippen molar-refractivity contribution < 1.29 is 14.3 Å². The Morgan fingerprint density at radius 3 is 2.12 bits per heavy atom. The van der Waals surface area contributed by atoms with Gasteiger partial charge in [-0.1, -0.05) is 53.1 Å². The third-order valence-electron chi connectivity index (χ3n) is 5.59. The molecule has 2 aliphatic rings. The molecule has 34 heavy (non-hydrogen) atoms. The van der Waals surface area contributed by atoms with Gasteiger partial charge in [0.1, 0.15) is 23.8 Å². The second kappa shape index (κ2) is 9.16. The summed E-state index contributed by atoms with van der Waals surface area (Å²) in [6.45, 7) is 13.3. The molecular weight excluding hydrogens is 468 g/mol. The second-order valence-electron chi connectivity index (χ2n) is 10.4. The van der Waals surface area contributed by atoms with Crippen molar-refractivity contribution in [2.45, 2.75) is 41.5 Å². The van der Waals surface area contributed by atoms with Crippen LogP contribution in [0, 0.1) is 10.8 Å². The Kier molecular flexibility index (Phi) is 6.58. The molecule has 0 bridgehead atoms. The molecular formula is C27H29ClN2O3S. The number of carbonyl (C=O) groups excluding carboxylic acids is 1. The van der Waals surface area contributed by atoms with Crippen LogP contribution in [0.15, 0.2) is 68.7 Å². The molecule has 0 fully saturated rings. The van der Waals surface area contributed by atoms with E-state index in [0.717, 1.165) is 21.6 Å². The molecule has 5 nitrogen and oxygen atoms in total. The van der Waals surface area contributed by atoms with E-state index in [-0.39, 0.29) is 16.6 Å². The van der Waals surface area contributed by atoms with Crippen LogP contribution in [0.25, 0.3) is 5.70 Å². The number of Topliss-reactive ketones (excluding diaryl/α,β-unsaturated/α-hetero) is 1. The quantitative estimate of drug-likeness (QED) is 0.402. The van der Waals surface area contributed by atoms with Crippen LogP contribution in [-0.4, -0.2) is 19.0 Å². The maximum Gasteiger partial charge on any atom is 0.186 e. The number of rotatable bonds is 3. The fraction of sp³-hybridized carbons (Fsp3) is 0.370. The molecule has 0 N–H and O–H groups in total. The first kappa shape index (κ1) is 24.4. The van der Waals surface area contributed by atoms with Crippen LogP contribution in [0.3, 0.4) is 0 Å². The zero-order valence-electron chi connectivity index (χ0n) is 20.4. The molecule has 2 heterocycles. The highest BCUT2D eigenvalue weighted by atomic mass is 35.5. The largest absolute Gasteiger partial charge is 0.485 e. The van der Waals surface area contributed by atoms with Gasteiger partial charge in [0, 0.05) is 27.1 Å². The topological polar surface area (TPSA) is 60.3 Å². The molecule has 0 saturated carbocycles. The van der Waals surface area contributed by atoms with E-state index in [1.807, 2.05) is 29.7 Å². The first-order chi connectivity index (χ1) is 15.9. The van der Waals surface area contributed by atoms with Crippen molar-refractivity contribution in [1.29, 1.82) is 0 Å². The van der Waals surface area contributed by atoms with Crippen molar-refractivity contribution in [3.8, 4) is 11.5 Å². The number of ketones is 1. The van der Waals surface area contributed by atoms with Gasteiger partial charge in [-0.15, -0.1) is 16.5 Å². The molecule has 1 aromatic carbocycles. The molecule has 1 aliphatic carbocycles. The van der Waals surface area contributed by atoms with E-state index in [0.29, 0.717) is 41.1 Å². The number of hydrogen-bond donors (Lipinski definition) is 0. The van der Waals surface area contributed by atoms with E-state index < -0.39 is 0 Å². The summed E-state index contributed by atoms with van der Waals surface area (Å²) >= 11 is 7.53. The molecule has 0 saturated heterocycles. The number of halogens is 1. The van der Waals surface area contributed by atoms with Gasteiger partial charge in [0.15, 0.2) is 17.3 Å². The molecule has 1 aromatic heterocycles. The van der Waals surface area contributed by atoms with Crippen molar-refractivity contribution in [3.63, 3.8) is 0 Å². The van der Waals surface area contributed by atoms with Gasteiger partial charge >= 0.3 is 0 Å². The Morgan fingerprint density at radius 1 is 0.941 bits per heavy atom. The number of nitrogens with zero attached hydrogens (tertiary/aromatic N) is 2. The summed E-state index contributed by atoms with van der Waals surface area (Å²) in [7, 11) is 0. The number of hydrogen-bond acceptors (Lipinski definition) is 6. The van der Waals surface area contributed by atoms with Crippen molar-refractivity contribution in [1.82, 2.24) is 0 Å². The predicted octanol–water partition coefficient (Wildman–Crippen LogP) is 8.20. The maximum atomic E-state index is 13.4. The highest BCUT2D eigenvalue weighted by Crippen LogP contribution is 2.47. The molecule has 4 rings (SSSR count). The van der Waals surface area contributed by atoms with Crippen LogP contribution >= 0.6 is 22.9 Å². The number of ether oxygens (including phenoxy) is 2. The van der Waals surface area contributed by atoms with Crippen LogP contribution in [0.1, 0.15) is 46.4 Å². The molecule has 0 spiro atoms. The highest BCUT2D eigenvalue weighted by Gasteiger charge is 2.35. The number of allylic oxidation sites excluding steroid dienone is 5. The number of fused-ring (bicyclic) bond motifs is 1. The second-order valence-corrected chi connectivity index (χ2v) is 11.7. The van der Waals surface area contributed by atoms with Crippen molar-refractivity contribution in [2.75, 3.05) is 13.2 Å². The Bertz CT molecular complexity index is 1200. The maximum absolute atomic E-state index is 13.4. The fourth-order valence-electron chi connectivity index (χ4n) is 3.76. The molecule has 1 aliphatic heterocycles. The first-order valence-electron chi connectivity index (χ1n) is 11.2. The molecule has 178 valence electrons. The minimum Gasteiger partial charge on any atom is -0.485 e. The van der Waals surface area contributed by atoms with Crippen LogP contribution < -0.4 is 9.47 Å². The lowest BCUT2D eigenvalue weighted by Gasteiger charge is -2.31. The summed E-state index contributed by atoms with van der Waals surface area (Å²) in [6.07, 6.45) is 3.90. The first-order valence-corrected chi connectivity index (χ1v) is 12.5. The van der Waals surface area contributed by atoms with Crippen LogP contribution in [0.4, 0.5) is 5.69 Å². The van der Waals surface area contributed by atoms with E-state index in [9.17, 15) is 4.79 Å². The van der Waals surface area contributed by atoms with Gasteiger partial charge in [0.25, 0.3) is 0 Å². The van der Waals surface area contributed by atoms with Gasteiger partial charge in [-0.25, -0.2) is 0 Å². The lowest BCUT2D eigenvalue weighted by Crippen LogP contribution is -2.28. The number of thiophene rings is 1. The normalized spacial score (nSPS) is 16.6. The highest BCUT2D eigenvalue weighted by molar-refractivity contribution is 7.11. The fourth-order valence-corrected chi connectivity index (χ4v) is 4.82. The van der Waals surface area contributed by atoms with Gasteiger partial charge in [-0.3, -0.25) is 4.79 Å². The van der Waals surface area contributed by atoms with Gasteiger partial charge in [-0.05, 0) is 47.2 Å². The molecule has 0 unspecified atom stereocenters. The Balaban J connectivity index is 1.96. The van der Waals surface area contributed by atoms with E-state index >= 15 is 0 Å². The number of carbonyl (C=O) groups is 1. The summed E-state index contributed by atoms with van der Waals surface area (Å²) in [6, 6.07) is 7.19. The predicted molar refractivity (Wildman–Crippen MR) is 138 cm³/mol. The third-order valence-corrected chi connectivity index (χ3v) is 6.79. The summed E-state index contributed by atoms with van der Waals surface area (Å²) < 4.78 is 11.7. The van der Waals surface area contributed by atoms with Crippen LogP contribution in [0.5, 0.6) is 11.5 Å². The lowest BCUT2D eigenvalue weighted by atomic mass is 9.71. The standard InChI is InChI=1S/C27H29ClN2O3S/c1-26(2,3)19-13-16(14-20(23(19)31)27(4,5)6)22(30-29-18-9-7-17(28)8-10-18)25-24-21(15-34-25)32-11-12-33-24/h7-10,13-15H,11-12H2,1-6H3. The van der Waals surface area contributed by atoms with E-state index in [4.69, 9.17) is 26.2 Å². The third kappa shape index (κ3) is 5.03. The van der Waals surface area contributed by atoms with Gasteiger partial charge in [0.2, 0.25) is 0 Å². The van der Waals surface area contributed by atoms with E-state index in [2.05, 4.69) is 46.7 Å². The van der Waals surface area contributed by atoms with Crippen LogP contribution in [0.2, 0.25) is 5.02 Å². The van der Waals surface area contributed by atoms with Gasteiger partial charge < -0.3 is 9.47 Å². The monoisotopic (exact) mass is 496 g/mol. The smallest absolute Gasteiger partial charge is 0.186 e. The van der Waals surface area contributed by atoms with Crippen molar-refractivity contribution in [2.24, 2.45) is 21.1 Å². The van der Waals surface area contributed by atoms with Crippen molar-refractivity contribution >= 4 is 40.1 Å². The van der Waals surface area contributed by atoms with Crippen molar-refractivity contribution in [3.05, 3.63) is 68.4 Å². The minimum atomic E-state index is -0.333. The molecule has 0 atom stereocenters. The lowest BCUT2D eigenvalue weighted by molar-refractivity contribution is -0.114. The summed E-state index contributed by atoms with van der Waals surface area (Å²) in [5.74, 6) is 1.45. The molecule has 0 radical (unpaired) electrons. The Hall–Kier alpha value is -2.70. The molecule has 2 aromatic rings. The minimum absolute atomic E-state index is 0.0746. The number of benzene rings is 1. The summed E-state index contributed by atoms with van der Waals surface area (Å²) in [4.78, 5) is 14.3. The Labute approximate surface area is 209 Å². The zero-order valence-corrected chi connectivity index (χ0v) is 21.9. The van der Waals surface area contributed by atoms with E-state index in [1.165, 1.54) is 11.3 Å². The SMILES string of the molecule is CC(C)(C)C1=CC(=C(N=Nc2ccc(Cl)cc2)c2scc3c2OCCO3)C=C(C(C)(C)C)C1=O. The molecule has 0 amide bonds. The van der Waals surface area contributed by atoms with Crippen LogP contribution in [-0.2, 0) is 4.79 Å². The zero-order chi connectivity index (χ0) is 24.7. The average molecular weight is 497 g/mol. The summed E-state index contributed by atoms with van der Waals surface area (Å²) in [5.41, 5.74) is 2.97. The average Bonchev–Trinajstić information content (AvgIpc) is 3.18. The Morgan fingerprint density at radius 2 is 1.53 bits per heavy atom. The van der Waals surface area contributed by atoms with Gasteiger partial charge in [-0.2, -0.15) is 5.11 Å². The van der Waals surface area contributed by atoms with E-state index in [1.54, 1.807) is 12.1 Å². The number of azo groups is 1. The molecule has 7 heteroatoms. The summed E-state index contributed by atoms with van der Waals surface area (Å²) in [5, 5.41) is 11.8.